The largest absolute Gasteiger partial charge is 0.433 e. The number of amides is 1. The van der Waals surface area contributed by atoms with Crippen molar-refractivity contribution in [2.24, 2.45) is 0 Å². The molecule has 26 heavy (non-hydrogen) atoms. The summed E-state index contributed by atoms with van der Waals surface area (Å²) in [5.74, 6) is -0.669. The van der Waals surface area contributed by atoms with Crippen molar-refractivity contribution in [2.75, 3.05) is 11.9 Å². The van der Waals surface area contributed by atoms with Gasteiger partial charge < -0.3 is 10.1 Å². The maximum Gasteiger partial charge on any atom is 0.433 e. The van der Waals surface area contributed by atoms with Gasteiger partial charge >= 0.3 is 6.18 Å². The third-order valence-electron chi connectivity index (χ3n) is 3.40. The van der Waals surface area contributed by atoms with Gasteiger partial charge in [0, 0.05) is 18.4 Å². The molecule has 3 aromatic rings. The Kier molecular flexibility index (Phi) is 4.64. The van der Waals surface area contributed by atoms with Crippen LogP contribution in [0.5, 0.6) is 0 Å². The SMILES string of the molecule is CCOCn1cc(NC(=O)c2cc3nc(C)cc(C(F)(F)F)n3n2)cn1. The molecule has 0 bridgehead atoms. The second kappa shape index (κ2) is 6.75. The predicted molar refractivity (Wildman–Crippen MR) is 84.5 cm³/mol. The number of aryl methyl sites for hydroxylation is 1. The van der Waals surface area contributed by atoms with Crippen molar-refractivity contribution < 1.29 is 22.7 Å². The van der Waals surface area contributed by atoms with E-state index in [9.17, 15) is 18.0 Å². The number of hydrogen-bond acceptors (Lipinski definition) is 5. The second-order valence-electron chi connectivity index (χ2n) is 5.42. The molecule has 8 nitrogen and oxygen atoms in total. The molecule has 0 unspecified atom stereocenters. The first kappa shape index (κ1) is 17.9. The first-order valence-electron chi connectivity index (χ1n) is 7.64. The normalized spacial score (nSPS) is 11.9. The van der Waals surface area contributed by atoms with Gasteiger partial charge in [0.1, 0.15) is 12.4 Å². The molecule has 3 heterocycles. The van der Waals surface area contributed by atoms with Gasteiger partial charge in [-0.05, 0) is 19.9 Å². The lowest BCUT2D eigenvalue weighted by Crippen LogP contribution is -2.15. The van der Waals surface area contributed by atoms with E-state index >= 15 is 0 Å². The average molecular weight is 368 g/mol. The summed E-state index contributed by atoms with van der Waals surface area (Å²) in [6.07, 6.45) is -1.69. The van der Waals surface area contributed by atoms with Crippen molar-refractivity contribution in [1.82, 2.24) is 24.4 Å². The Bertz CT molecular complexity index is 947. The Labute approximate surface area is 145 Å². The summed E-state index contributed by atoms with van der Waals surface area (Å²) in [4.78, 5) is 16.3. The number of carbonyl (C=O) groups is 1. The standard InChI is InChI=1S/C15H15F3N6O2/c1-3-26-8-23-7-10(6-19-23)21-14(25)11-5-13-20-9(2)4-12(15(16,17)18)24(13)22-11/h4-7H,3,8H2,1-2H3,(H,21,25). The van der Waals surface area contributed by atoms with Gasteiger partial charge in [-0.25, -0.2) is 14.2 Å². The van der Waals surface area contributed by atoms with E-state index in [0.717, 1.165) is 6.07 Å². The van der Waals surface area contributed by atoms with E-state index in [1.807, 2.05) is 6.92 Å². The van der Waals surface area contributed by atoms with Gasteiger partial charge in [-0.3, -0.25) is 4.79 Å². The summed E-state index contributed by atoms with van der Waals surface area (Å²) in [5.41, 5.74) is -0.704. The Morgan fingerprint density at radius 3 is 2.81 bits per heavy atom. The zero-order valence-electron chi connectivity index (χ0n) is 13.9. The summed E-state index contributed by atoms with van der Waals surface area (Å²) in [6, 6.07) is 2.07. The fourth-order valence-electron chi connectivity index (χ4n) is 2.29. The van der Waals surface area contributed by atoms with Crippen LogP contribution in [0.15, 0.2) is 24.5 Å². The first-order valence-corrected chi connectivity index (χ1v) is 7.64. The van der Waals surface area contributed by atoms with Gasteiger partial charge in [0.25, 0.3) is 5.91 Å². The predicted octanol–water partition coefficient (Wildman–Crippen LogP) is 2.50. The quantitative estimate of drug-likeness (QED) is 0.748. The van der Waals surface area contributed by atoms with Crippen LogP contribution >= 0.6 is 0 Å². The van der Waals surface area contributed by atoms with E-state index in [1.54, 1.807) is 0 Å². The molecule has 0 atom stereocenters. The van der Waals surface area contributed by atoms with E-state index in [0.29, 0.717) is 16.8 Å². The Balaban J connectivity index is 1.86. The summed E-state index contributed by atoms with van der Waals surface area (Å²) in [6.45, 7) is 4.00. The Hall–Kier alpha value is -2.95. The van der Waals surface area contributed by atoms with Crippen molar-refractivity contribution >= 4 is 17.2 Å². The van der Waals surface area contributed by atoms with Crippen molar-refractivity contribution in [3.8, 4) is 0 Å². The van der Waals surface area contributed by atoms with Crippen molar-refractivity contribution in [2.45, 2.75) is 26.8 Å². The molecule has 0 aliphatic heterocycles. The third kappa shape index (κ3) is 3.67. The Morgan fingerprint density at radius 2 is 2.12 bits per heavy atom. The monoisotopic (exact) mass is 368 g/mol. The van der Waals surface area contributed by atoms with E-state index in [2.05, 4.69) is 20.5 Å². The maximum absolute atomic E-state index is 13.1. The highest BCUT2D eigenvalue weighted by atomic mass is 19.4. The molecule has 1 N–H and O–H groups in total. The van der Waals surface area contributed by atoms with Crippen LogP contribution in [0.4, 0.5) is 18.9 Å². The molecule has 1 amide bonds. The summed E-state index contributed by atoms with van der Waals surface area (Å²) >= 11 is 0. The number of fused-ring (bicyclic) bond motifs is 1. The third-order valence-corrected chi connectivity index (χ3v) is 3.40. The number of alkyl halides is 3. The maximum atomic E-state index is 13.1. The molecule has 0 aromatic carbocycles. The highest BCUT2D eigenvalue weighted by molar-refractivity contribution is 6.03. The summed E-state index contributed by atoms with van der Waals surface area (Å²) in [5, 5.41) is 10.3. The van der Waals surface area contributed by atoms with Crippen LogP contribution in [0, 0.1) is 6.92 Å². The van der Waals surface area contributed by atoms with Crippen molar-refractivity contribution in [1.29, 1.82) is 0 Å². The van der Waals surface area contributed by atoms with Gasteiger partial charge in [0.2, 0.25) is 0 Å². The van der Waals surface area contributed by atoms with Crippen LogP contribution in [-0.2, 0) is 17.6 Å². The lowest BCUT2D eigenvalue weighted by molar-refractivity contribution is -0.142. The molecule has 138 valence electrons. The summed E-state index contributed by atoms with van der Waals surface area (Å²) < 4.78 is 46.7. The number of rotatable bonds is 5. The molecule has 0 aliphatic carbocycles. The number of nitrogens with one attached hydrogen (secondary N) is 1. The molecule has 0 saturated heterocycles. The lowest BCUT2D eigenvalue weighted by atomic mass is 10.3. The fraction of sp³-hybridized carbons (Fsp3) is 0.333. The van der Waals surface area contributed by atoms with Gasteiger partial charge in [0.15, 0.2) is 11.3 Å². The van der Waals surface area contributed by atoms with Gasteiger partial charge in [-0.1, -0.05) is 0 Å². The molecule has 11 heteroatoms. The highest BCUT2D eigenvalue weighted by Crippen LogP contribution is 2.29. The van der Waals surface area contributed by atoms with Gasteiger partial charge in [-0.15, -0.1) is 0 Å². The fourth-order valence-corrected chi connectivity index (χ4v) is 2.29. The zero-order valence-corrected chi connectivity index (χ0v) is 13.9. The molecule has 3 aromatic heterocycles. The molecule has 0 aliphatic rings. The van der Waals surface area contributed by atoms with Crippen LogP contribution in [0.1, 0.15) is 28.8 Å². The molecular formula is C15H15F3N6O2. The minimum Gasteiger partial charge on any atom is -0.360 e. The van der Waals surface area contributed by atoms with E-state index in [4.69, 9.17) is 4.74 Å². The van der Waals surface area contributed by atoms with Crippen LogP contribution < -0.4 is 5.32 Å². The van der Waals surface area contributed by atoms with E-state index in [-0.39, 0.29) is 23.8 Å². The number of anilines is 1. The second-order valence-corrected chi connectivity index (χ2v) is 5.42. The number of aromatic nitrogens is 5. The van der Waals surface area contributed by atoms with Crippen LogP contribution in [0.25, 0.3) is 5.65 Å². The molecule has 3 rings (SSSR count). The van der Waals surface area contributed by atoms with Crippen LogP contribution in [-0.4, -0.2) is 36.9 Å². The number of halogens is 3. The van der Waals surface area contributed by atoms with Crippen LogP contribution in [0.2, 0.25) is 0 Å². The first-order chi connectivity index (χ1) is 12.3. The van der Waals surface area contributed by atoms with Gasteiger partial charge in [0.05, 0.1) is 18.1 Å². The smallest absolute Gasteiger partial charge is 0.360 e. The number of carbonyl (C=O) groups excluding carboxylic acids is 1. The molecule has 0 radical (unpaired) electrons. The Morgan fingerprint density at radius 1 is 1.35 bits per heavy atom. The molecule has 0 spiro atoms. The van der Waals surface area contributed by atoms with Crippen molar-refractivity contribution in [3.63, 3.8) is 0 Å². The lowest BCUT2D eigenvalue weighted by Gasteiger charge is -2.09. The average Bonchev–Trinajstić information content (AvgIpc) is 3.17. The van der Waals surface area contributed by atoms with Gasteiger partial charge in [-0.2, -0.15) is 23.4 Å². The molecule has 0 saturated carbocycles. The topological polar surface area (TPSA) is 86.3 Å². The molecule has 0 fully saturated rings. The minimum absolute atomic E-state index is 0.0606. The zero-order chi connectivity index (χ0) is 18.9. The molecular weight excluding hydrogens is 353 g/mol. The summed E-state index contributed by atoms with van der Waals surface area (Å²) in [7, 11) is 0. The highest BCUT2D eigenvalue weighted by Gasteiger charge is 2.35. The number of ether oxygens (including phenoxy) is 1. The van der Waals surface area contributed by atoms with E-state index in [1.165, 1.54) is 30.1 Å². The minimum atomic E-state index is -4.62. The van der Waals surface area contributed by atoms with Crippen molar-refractivity contribution in [3.05, 3.63) is 41.6 Å². The van der Waals surface area contributed by atoms with Crippen LogP contribution in [0.3, 0.4) is 0 Å². The van der Waals surface area contributed by atoms with E-state index < -0.39 is 17.8 Å². The number of hydrogen-bond donors (Lipinski definition) is 1. The number of nitrogens with zero attached hydrogens (tertiary/aromatic N) is 5.